The van der Waals surface area contributed by atoms with Crippen LogP contribution >= 0.6 is 0 Å². The van der Waals surface area contributed by atoms with E-state index in [4.69, 9.17) is 0 Å². The van der Waals surface area contributed by atoms with Crippen molar-refractivity contribution in [3.05, 3.63) is 35.4 Å². The van der Waals surface area contributed by atoms with Gasteiger partial charge in [-0.1, -0.05) is 51.0 Å². The molecule has 0 heteroatoms. The lowest BCUT2D eigenvalue weighted by molar-refractivity contribution is 0.334. The molecule has 0 atom stereocenters. The summed E-state index contributed by atoms with van der Waals surface area (Å²) in [7, 11) is 0. The van der Waals surface area contributed by atoms with Crippen molar-refractivity contribution in [2.75, 3.05) is 0 Å². The third kappa shape index (κ3) is 2.62. The molecule has 1 aromatic rings. The SMILES string of the molecule is CCc1ccc(CC2(C)CCCC2)cc1. The molecule has 0 aromatic heterocycles. The van der Waals surface area contributed by atoms with E-state index in [9.17, 15) is 0 Å². The highest BCUT2D eigenvalue weighted by molar-refractivity contribution is 5.23. The standard InChI is InChI=1S/C15H22/c1-3-13-6-8-14(9-7-13)12-15(2)10-4-5-11-15/h6-9H,3-5,10-12H2,1-2H3. The van der Waals surface area contributed by atoms with E-state index in [1.807, 2.05) is 0 Å². The Balaban J connectivity index is 2.04. The average Bonchev–Trinajstić information content (AvgIpc) is 2.66. The summed E-state index contributed by atoms with van der Waals surface area (Å²) in [6, 6.07) is 9.21. The minimum atomic E-state index is 0.591. The highest BCUT2D eigenvalue weighted by Gasteiger charge is 2.28. The van der Waals surface area contributed by atoms with Crippen LogP contribution in [-0.4, -0.2) is 0 Å². The van der Waals surface area contributed by atoms with Gasteiger partial charge in [0, 0.05) is 0 Å². The Labute approximate surface area is 93.7 Å². The Kier molecular flexibility index (Phi) is 3.14. The molecular formula is C15H22. The summed E-state index contributed by atoms with van der Waals surface area (Å²) in [6.07, 6.45) is 8.13. The van der Waals surface area contributed by atoms with Crippen LogP contribution in [0.2, 0.25) is 0 Å². The lowest BCUT2D eigenvalue weighted by atomic mass is 9.82. The van der Waals surface area contributed by atoms with Crippen molar-refractivity contribution in [3.63, 3.8) is 0 Å². The second-order valence-corrected chi connectivity index (χ2v) is 5.36. The van der Waals surface area contributed by atoms with Crippen LogP contribution in [0.1, 0.15) is 50.7 Å². The van der Waals surface area contributed by atoms with Crippen LogP contribution in [0.15, 0.2) is 24.3 Å². The molecule has 0 aliphatic heterocycles. The molecule has 2 rings (SSSR count). The van der Waals surface area contributed by atoms with Crippen molar-refractivity contribution >= 4 is 0 Å². The molecule has 0 bridgehead atoms. The van der Waals surface area contributed by atoms with E-state index in [2.05, 4.69) is 38.1 Å². The molecule has 1 aliphatic carbocycles. The van der Waals surface area contributed by atoms with Crippen LogP contribution in [0.3, 0.4) is 0 Å². The Hall–Kier alpha value is -0.780. The third-order valence-corrected chi connectivity index (χ3v) is 3.87. The van der Waals surface area contributed by atoms with Crippen molar-refractivity contribution in [1.82, 2.24) is 0 Å². The molecule has 0 radical (unpaired) electrons. The predicted octanol–water partition coefficient (Wildman–Crippen LogP) is 4.37. The van der Waals surface area contributed by atoms with Gasteiger partial charge in [-0.05, 0) is 42.2 Å². The molecule has 1 fully saturated rings. The van der Waals surface area contributed by atoms with Crippen molar-refractivity contribution in [2.24, 2.45) is 5.41 Å². The van der Waals surface area contributed by atoms with Gasteiger partial charge in [0.05, 0.1) is 0 Å². The number of rotatable bonds is 3. The van der Waals surface area contributed by atoms with Gasteiger partial charge in [0.25, 0.3) is 0 Å². The first-order chi connectivity index (χ1) is 7.22. The Morgan fingerprint density at radius 2 is 1.53 bits per heavy atom. The molecule has 0 saturated heterocycles. The number of hydrogen-bond donors (Lipinski definition) is 0. The molecule has 82 valence electrons. The van der Waals surface area contributed by atoms with E-state index in [1.165, 1.54) is 43.2 Å². The molecule has 1 aromatic carbocycles. The molecule has 1 saturated carbocycles. The van der Waals surface area contributed by atoms with Crippen LogP contribution in [-0.2, 0) is 12.8 Å². The first-order valence-corrected chi connectivity index (χ1v) is 6.30. The molecule has 0 N–H and O–H groups in total. The largest absolute Gasteiger partial charge is 0.0613 e. The summed E-state index contributed by atoms with van der Waals surface area (Å²) in [4.78, 5) is 0. The molecule has 0 heterocycles. The van der Waals surface area contributed by atoms with Gasteiger partial charge in [-0.15, -0.1) is 0 Å². The zero-order valence-electron chi connectivity index (χ0n) is 10.1. The van der Waals surface area contributed by atoms with Crippen LogP contribution in [0.25, 0.3) is 0 Å². The summed E-state index contributed by atoms with van der Waals surface area (Å²) in [6.45, 7) is 4.67. The average molecular weight is 202 g/mol. The van der Waals surface area contributed by atoms with E-state index in [0.717, 1.165) is 6.42 Å². The Bertz CT molecular complexity index is 301. The molecule has 0 spiro atoms. The van der Waals surface area contributed by atoms with E-state index >= 15 is 0 Å². The monoisotopic (exact) mass is 202 g/mol. The third-order valence-electron chi connectivity index (χ3n) is 3.87. The van der Waals surface area contributed by atoms with Gasteiger partial charge < -0.3 is 0 Å². The van der Waals surface area contributed by atoms with E-state index in [0.29, 0.717) is 5.41 Å². The maximum atomic E-state index is 2.45. The first-order valence-electron chi connectivity index (χ1n) is 6.30. The zero-order valence-corrected chi connectivity index (χ0v) is 10.1. The molecule has 1 aliphatic rings. The molecule has 0 unspecified atom stereocenters. The zero-order chi connectivity index (χ0) is 10.7. The first kappa shape index (κ1) is 10.7. The van der Waals surface area contributed by atoms with Gasteiger partial charge in [-0.25, -0.2) is 0 Å². The van der Waals surface area contributed by atoms with Gasteiger partial charge in [-0.3, -0.25) is 0 Å². The smallest absolute Gasteiger partial charge is 0.0225 e. The predicted molar refractivity (Wildman–Crippen MR) is 66.1 cm³/mol. The maximum Gasteiger partial charge on any atom is -0.0225 e. The molecular weight excluding hydrogens is 180 g/mol. The summed E-state index contributed by atoms with van der Waals surface area (Å²) in [5.41, 5.74) is 3.57. The van der Waals surface area contributed by atoms with Crippen molar-refractivity contribution in [2.45, 2.75) is 52.4 Å². The highest BCUT2D eigenvalue weighted by Crippen LogP contribution is 2.40. The normalized spacial score (nSPS) is 19.3. The fourth-order valence-electron chi connectivity index (χ4n) is 2.79. The Morgan fingerprint density at radius 1 is 1.00 bits per heavy atom. The van der Waals surface area contributed by atoms with Crippen LogP contribution in [0.5, 0.6) is 0 Å². The number of aryl methyl sites for hydroxylation is 1. The number of benzene rings is 1. The summed E-state index contributed by atoms with van der Waals surface area (Å²) in [5, 5.41) is 0. The maximum absolute atomic E-state index is 2.45. The molecule has 15 heavy (non-hydrogen) atoms. The lowest BCUT2D eigenvalue weighted by Crippen LogP contribution is -2.14. The van der Waals surface area contributed by atoms with Gasteiger partial charge in [0.15, 0.2) is 0 Å². The molecule has 0 nitrogen and oxygen atoms in total. The van der Waals surface area contributed by atoms with Gasteiger partial charge >= 0.3 is 0 Å². The minimum absolute atomic E-state index is 0.591. The summed E-state index contributed by atoms with van der Waals surface area (Å²) >= 11 is 0. The number of hydrogen-bond acceptors (Lipinski definition) is 0. The topological polar surface area (TPSA) is 0 Å². The minimum Gasteiger partial charge on any atom is -0.0613 e. The van der Waals surface area contributed by atoms with E-state index < -0.39 is 0 Å². The van der Waals surface area contributed by atoms with Crippen molar-refractivity contribution < 1.29 is 0 Å². The highest BCUT2D eigenvalue weighted by atomic mass is 14.3. The van der Waals surface area contributed by atoms with E-state index in [-0.39, 0.29) is 0 Å². The Morgan fingerprint density at radius 3 is 2.07 bits per heavy atom. The lowest BCUT2D eigenvalue weighted by Gasteiger charge is -2.23. The quantitative estimate of drug-likeness (QED) is 0.682. The van der Waals surface area contributed by atoms with Crippen molar-refractivity contribution in [1.29, 1.82) is 0 Å². The van der Waals surface area contributed by atoms with Crippen LogP contribution in [0.4, 0.5) is 0 Å². The van der Waals surface area contributed by atoms with Gasteiger partial charge in [0.2, 0.25) is 0 Å². The van der Waals surface area contributed by atoms with Gasteiger partial charge in [0.1, 0.15) is 0 Å². The van der Waals surface area contributed by atoms with Crippen LogP contribution < -0.4 is 0 Å². The van der Waals surface area contributed by atoms with Crippen molar-refractivity contribution in [3.8, 4) is 0 Å². The van der Waals surface area contributed by atoms with Crippen LogP contribution in [0, 0.1) is 5.41 Å². The molecule has 0 amide bonds. The summed E-state index contributed by atoms with van der Waals surface area (Å²) < 4.78 is 0. The second-order valence-electron chi connectivity index (χ2n) is 5.36. The summed E-state index contributed by atoms with van der Waals surface area (Å²) in [5.74, 6) is 0. The van der Waals surface area contributed by atoms with E-state index in [1.54, 1.807) is 0 Å². The fraction of sp³-hybridized carbons (Fsp3) is 0.600. The fourth-order valence-corrected chi connectivity index (χ4v) is 2.79. The van der Waals surface area contributed by atoms with Gasteiger partial charge in [-0.2, -0.15) is 0 Å². The second kappa shape index (κ2) is 4.38.